The van der Waals surface area contributed by atoms with Gasteiger partial charge in [0, 0.05) is 34.5 Å². The highest BCUT2D eigenvalue weighted by Crippen LogP contribution is 2.51. The molecule has 25 heavy (non-hydrogen) atoms. The fraction of sp³-hybridized carbons (Fsp3) is 0.571. The van der Waals surface area contributed by atoms with Gasteiger partial charge in [-0.3, -0.25) is 4.90 Å². The van der Waals surface area contributed by atoms with Crippen LogP contribution in [0.5, 0.6) is 0 Å². The minimum atomic E-state index is 0.0102. The molecule has 2 aliphatic rings. The number of fused-ring (bicyclic) bond motifs is 2. The zero-order valence-corrected chi connectivity index (χ0v) is 16.3. The molecule has 2 fully saturated rings. The quantitative estimate of drug-likeness (QED) is 0.723. The predicted octanol–water partition coefficient (Wildman–Crippen LogP) is 5.36. The average molecular weight is 359 g/mol. The number of halogens is 1. The lowest BCUT2D eigenvalue weighted by atomic mass is 9.74. The molecule has 2 saturated heterocycles. The van der Waals surface area contributed by atoms with Crippen molar-refractivity contribution in [2.24, 2.45) is 0 Å². The Hall–Kier alpha value is -1.32. The van der Waals surface area contributed by atoms with E-state index in [-0.39, 0.29) is 5.41 Å². The van der Waals surface area contributed by atoms with Gasteiger partial charge in [-0.05, 0) is 49.9 Å². The van der Waals surface area contributed by atoms with Gasteiger partial charge in [-0.2, -0.15) is 0 Å². The number of piperidine rings is 1. The maximum Gasteiger partial charge on any atom is 0.142 e. The Kier molecular flexibility index (Phi) is 4.20. The molecule has 4 rings (SSSR count). The standard InChI is InChI=1S/C21H27ClN2O/c1-21(2,3)19-12-18(25-23-19)20-16(13-5-7-14(22)8-6-13)11-15-9-10-17(20)24(15)4/h5-8,12,15-17,20H,9-11H2,1-4H3/t15-,16-,17?,20+/m1/s1. The lowest BCUT2D eigenvalue weighted by Gasteiger charge is -2.42. The molecule has 0 spiro atoms. The molecule has 1 aromatic carbocycles. The summed E-state index contributed by atoms with van der Waals surface area (Å²) < 4.78 is 5.90. The summed E-state index contributed by atoms with van der Waals surface area (Å²) in [7, 11) is 2.27. The zero-order valence-electron chi connectivity index (χ0n) is 15.5. The lowest BCUT2D eigenvalue weighted by Crippen LogP contribution is -2.44. The summed E-state index contributed by atoms with van der Waals surface area (Å²) in [6, 6.07) is 11.8. The van der Waals surface area contributed by atoms with Gasteiger partial charge in [-0.25, -0.2) is 0 Å². The number of hydrogen-bond acceptors (Lipinski definition) is 3. The van der Waals surface area contributed by atoms with Crippen LogP contribution >= 0.6 is 11.6 Å². The Morgan fingerprint density at radius 3 is 2.52 bits per heavy atom. The Bertz CT molecular complexity index is 746. The number of likely N-dealkylation sites (N-methyl/N-ethyl adjacent to an activating group) is 1. The van der Waals surface area contributed by atoms with Crippen LogP contribution in [0.2, 0.25) is 5.02 Å². The summed E-state index contributed by atoms with van der Waals surface area (Å²) in [5.74, 6) is 1.86. The van der Waals surface area contributed by atoms with E-state index < -0.39 is 0 Å². The van der Waals surface area contributed by atoms with Gasteiger partial charge in [-0.15, -0.1) is 0 Å². The maximum atomic E-state index is 6.11. The maximum absolute atomic E-state index is 6.11. The molecular formula is C21H27ClN2O. The van der Waals surface area contributed by atoms with E-state index in [0.29, 0.717) is 23.9 Å². The molecule has 2 bridgehead atoms. The summed E-state index contributed by atoms with van der Waals surface area (Å²) in [4.78, 5) is 2.57. The fourth-order valence-corrected chi connectivity index (χ4v) is 4.83. The summed E-state index contributed by atoms with van der Waals surface area (Å²) in [6.07, 6.45) is 3.69. The highest BCUT2D eigenvalue weighted by atomic mass is 35.5. The van der Waals surface area contributed by atoms with E-state index in [1.807, 2.05) is 12.1 Å². The van der Waals surface area contributed by atoms with Gasteiger partial charge in [0.05, 0.1) is 5.69 Å². The van der Waals surface area contributed by atoms with Crippen molar-refractivity contribution in [3.63, 3.8) is 0 Å². The third kappa shape index (κ3) is 3.02. The minimum absolute atomic E-state index is 0.0102. The van der Waals surface area contributed by atoms with Gasteiger partial charge >= 0.3 is 0 Å². The number of nitrogens with zero attached hydrogens (tertiary/aromatic N) is 2. The average Bonchev–Trinajstić information content (AvgIpc) is 3.12. The van der Waals surface area contributed by atoms with Crippen LogP contribution in [-0.2, 0) is 5.41 Å². The Labute approximate surface area is 155 Å². The van der Waals surface area contributed by atoms with Crippen molar-refractivity contribution in [1.82, 2.24) is 10.1 Å². The first-order chi connectivity index (χ1) is 11.8. The van der Waals surface area contributed by atoms with Crippen LogP contribution in [-0.4, -0.2) is 29.2 Å². The number of rotatable bonds is 2. The van der Waals surface area contributed by atoms with Gasteiger partial charge in [-0.1, -0.05) is 49.7 Å². The van der Waals surface area contributed by atoms with Crippen molar-refractivity contribution in [3.05, 3.63) is 52.4 Å². The zero-order chi connectivity index (χ0) is 17.8. The van der Waals surface area contributed by atoms with Crippen molar-refractivity contribution in [1.29, 1.82) is 0 Å². The van der Waals surface area contributed by atoms with E-state index >= 15 is 0 Å². The molecule has 0 aliphatic carbocycles. The minimum Gasteiger partial charge on any atom is -0.361 e. The highest BCUT2D eigenvalue weighted by Gasteiger charge is 2.48. The number of hydrogen-bond donors (Lipinski definition) is 0. The second kappa shape index (κ2) is 6.14. The molecular weight excluding hydrogens is 332 g/mol. The number of aromatic nitrogens is 1. The molecule has 0 radical (unpaired) electrons. The van der Waals surface area contributed by atoms with Crippen molar-refractivity contribution in [2.45, 2.75) is 69.4 Å². The first-order valence-electron chi connectivity index (χ1n) is 9.29. The fourth-order valence-electron chi connectivity index (χ4n) is 4.71. The van der Waals surface area contributed by atoms with E-state index in [4.69, 9.17) is 16.1 Å². The van der Waals surface area contributed by atoms with E-state index in [1.54, 1.807) is 0 Å². The molecule has 0 N–H and O–H groups in total. The smallest absolute Gasteiger partial charge is 0.142 e. The molecule has 3 nitrogen and oxygen atoms in total. The van der Waals surface area contributed by atoms with Gasteiger partial charge in [0.25, 0.3) is 0 Å². The van der Waals surface area contributed by atoms with E-state index in [0.717, 1.165) is 16.5 Å². The SMILES string of the molecule is CN1C2CC[C@@H]1C[C@H](c1ccc(Cl)cc1)[C@@H]2c1cc(C(C)(C)C)no1. The largest absolute Gasteiger partial charge is 0.361 e. The lowest BCUT2D eigenvalue weighted by molar-refractivity contribution is 0.122. The first-order valence-corrected chi connectivity index (χ1v) is 9.67. The van der Waals surface area contributed by atoms with Gasteiger partial charge in [0.1, 0.15) is 5.76 Å². The topological polar surface area (TPSA) is 29.3 Å². The van der Waals surface area contributed by atoms with E-state index in [9.17, 15) is 0 Å². The highest BCUT2D eigenvalue weighted by molar-refractivity contribution is 6.30. The van der Waals surface area contributed by atoms with E-state index in [1.165, 1.54) is 24.8 Å². The van der Waals surface area contributed by atoms with Gasteiger partial charge in [0.15, 0.2) is 0 Å². The summed E-state index contributed by atoms with van der Waals surface area (Å²) in [6.45, 7) is 6.55. The molecule has 4 heteroatoms. The number of benzene rings is 1. The third-order valence-electron chi connectivity index (χ3n) is 6.19. The molecule has 0 saturated carbocycles. The van der Waals surface area contributed by atoms with Crippen molar-refractivity contribution in [2.75, 3.05) is 7.05 Å². The second-order valence-corrected chi connectivity index (χ2v) is 9.18. The first kappa shape index (κ1) is 17.1. The Morgan fingerprint density at radius 1 is 1.16 bits per heavy atom. The van der Waals surface area contributed by atoms with Crippen molar-refractivity contribution in [3.8, 4) is 0 Å². The molecule has 0 amide bonds. The summed E-state index contributed by atoms with van der Waals surface area (Å²) in [5, 5.41) is 5.19. The molecule has 3 heterocycles. The van der Waals surface area contributed by atoms with Crippen LogP contribution in [0, 0.1) is 0 Å². The van der Waals surface area contributed by atoms with Gasteiger partial charge in [0.2, 0.25) is 0 Å². The predicted molar refractivity (Wildman–Crippen MR) is 101 cm³/mol. The molecule has 4 atom stereocenters. The normalized spacial score (nSPS) is 30.0. The van der Waals surface area contributed by atoms with Crippen LogP contribution in [0.1, 0.15) is 68.9 Å². The molecule has 2 aliphatic heterocycles. The molecule has 134 valence electrons. The monoisotopic (exact) mass is 358 g/mol. The second-order valence-electron chi connectivity index (χ2n) is 8.75. The molecule has 1 unspecified atom stereocenters. The Morgan fingerprint density at radius 2 is 1.88 bits per heavy atom. The van der Waals surface area contributed by atoms with E-state index in [2.05, 4.69) is 56.1 Å². The summed E-state index contributed by atoms with van der Waals surface area (Å²) >= 11 is 6.11. The van der Waals surface area contributed by atoms with Gasteiger partial charge < -0.3 is 4.52 Å². The molecule has 2 aromatic rings. The van der Waals surface area contributed by atoms with Crippen LogP contribution < -0.4 is 0 Å². The van der Waals surface area contributed by atoms with Crippen LogP contribution in [0.15, 0.2) is 34.9 Å². The van der Waals surface area contributed by atoms with Crippen molar-refractivity contribution >= 4 is 11.6 Å². The van der Waals surface area contributed by atoms with Crippen LogP contribution in [0.3, 0.4) is 0 Å². The summed E-state index contributed by atoms with van der Waals surface area (Å²) in [5.41, 5.74) is 2.42. The van der Waals surface area contributed by atoms with Crippen molar-refractivity contribution < 1.29 is 4.52 Å². The third-order valence-corrected chi connectivity index (χ3v) is 6.44. The Balaban J connectivity index is 1.74. The van der Waals surface area contributed by atoms with Crippen LogP contribution in [0.4, 0.5) is 0 Å². The van der Waals surface area contributed by atoms with Crippen LogP contribution in [0.25, 0.3) is 0 Å². The molecule has 1 aromatic heterocycles.